The smallest absolute Gasteiger partial charge is 0.0535 e. The molecule has 3 heterocycles. The fraction of sp³-hybridized carbons (Fsp3) is 0.609. The average molecular weight is 387 g/mol. The molecule has 0 N–H and O–H groups in total. The quantitative estimate of drug-likeness (QED) is 0.574. The highest BCUT2D eigenvalue weighted by Gasteiger charge is 2.43. The van der Waals surface area contributed by atoms with Crippen LogP contribution in [0.5, 0.6) is 0 Å². The molecule has 0 aromatic carbocycles. The van der Waals surface area contributed by atoms with Gasteiger partial charge in [0.05, 0.1) is 6.61 Å². The summed E-state index contributed by atoms with van der Waals surface area (Å²) in [5.74, 6) is 0. The van der Waals surface area contributed by atoms with Gasteiger partial charge in [0.2, 0.25) is 0 Å². The first-order chi connectivity index (χ1) is 13.0. The Labute approximate surface area is 168 Å². The van der Waals surface area contributed by atoms with E-state index in [2.05, 4.69) is 66.5 Å². The number of likely N-dealkylation sites (tertiary alicyclic amines) is 1. The summed E-state index contributed by atoms with van der Waals surface area (Å²) in [4.78, 5) is 8.68. The Balaban J connectivity index is 1.67. The summed E-state index contributed by atoms with van der Waals surface area (Å²) in [5.41, 5.74) is 2.67. The maximum Gasteiger partial charge on any atom is 0.0535 e. The van der Waals surface area contributed by atoms with Gasteiger partial charge in [-0.1, -0.05) is 12.1 Å². The van der Waals surface area contributed by atoms with Gasteiger partial charge in [0.25, 0.3) is 0 Å². The molecule has 0 bridgehead atoms. The van der Waals surface area contributed by atoms with Crippen molar-refractivity contribution < 1.29 is 4.74 Å². The summed E-state index contributed by atoms with van der Waals surface area (Å²) < 4.78 is 5.95. The molecule has 148 valence electrons. The highest BCUT2D eigenvalue weighted by molar-refractivity contribution is 7.09. The number of aromatic nitrogens is 1. The maximum absolute atomic E-state index is 5.95. The Hall–Kier alpha value is -1.23. The van der Waals surface area contributed by atoms with Crippen LogP contribution in [0.1, 0.15) is 56.2 Å². The van der Waals surface area contributed by atoms with E-state index in [-0.39, 0.29) is 11.0 Å². The van der Waals surface area contributed by atoms with E-state index in [1.807, 2.05) is 18.3 Å². The van der Waals surface area contributed by atoms with Gasteiger partial charge in [-0.3, -0.25) is 9.88 Å². The van der Waals surface area contributed by atoms with Crippen LogP contribution >= 0.6 is 11.3 Å². The predicted molar refractivity (Wildman–Crippen MR) is 114 cm³/mol. The van der Waals surface area contributed by atoms with Gasteiger partial charge in [-0.05, 0) is 83.0 Å². The molecule has 3 nitrogen and oxygen atoms in total. The predicted octanol–water partition coefficient (Wildman–Crippen LogP) is 5.44. The Morgan fingerprint density at radius 2 is 2.15 bits per heavy atom. The zero-order valence-corrected chi connectivity index (χ0v) is 18.1. The highest BCUT2D eigenvalue weighted by atomic mass is 32.1. The van der Waals surface area contributed by atoms with Crippen molar-refractivity contribution in [3.8, 4) is 0 Å². The zero-order chi connectivity index (χ0) is 19.3. The molecule has 0 radical (unpaired) electrons. The second-order valence-corrected chi connectivity index (χ2v) is 9.52. The molecule has 0 amide bonds. The van der Waals surface area contributed by atoms with Gasteiger partial charge >= 0.3 is 0 Å². The summed E-state index contributed by atoms with van der Waals surface area (Å²) in [7, 11) is 0. The van der Waals surface area contributed by atoms with Gasteiger partial charge in [0.1, 0.15) is 0 Å². The van der Waals surface area contributed by atoms with Crippen molar-refractivity contribution in [1.82, 2.24) is 9.88 Å². The lowest BCUT2D eigenvalue weighted by Gasteiger charge is -2.38. The largest absolute Gasteiger partial charge is 0.381 e. The number of hydrogen-bond acceptors (Lipinski definition) is 4. The van der Waals surface area contributed by atoms with Crippen molar-refractivity contribution in [3.63, 3.8) is 0 Å². The highest BCUT2D eigenvalue weighted by Crippen LogP contribution is 2.42. The second kappa shape index (κ2) is 8.85. The third-order valence-electron chi connectivity index (χ3n) is 6.17. The van der Waals surface area contributed by atoms with Crippen LogP contribution in [0.4, 0.5) is 0 Å². The van der Waals surface area contributed by atoms with Gasteiger partial charge in [-0.25, -0.2) is 0 Å². The lowest BCUT2D eigenvalue weighted by Crippen LogP contribution is -2.42. The minimum Gasteiger partial charge on any atom is -0.381 e. The molecule has 1 aliphatic heterocycles. The second-order valence-electron chi connectivity index (χ2n) is 8.49. The Morgan fingerprint density at radius 3 is 2.81 bits per heavy atom. The molecular weight excluding hydrogens is 352 g/mol. The third kappa shape index (κ3) is 4.98. The van der Waals surface area contributed by atoms with Crippen LogP contribution in [0, 0.1) is 12.3 Å². The van der Waals surface area contributed by atoms with Gasteiger partial charge in [-0.15, -0.1) is 11.3 Å². The Kier molecular flexibility index (Phi) is 6.72. The van der Waals surface area contributed by atoms with E-state index in [4.69, 9.17) is 4.74 Å². The maximum atomic E-state index is 5.95. The number of thiophene rings is 1. The fourth-order valence-corrected chi connectivity index (χ4v) is 4.98. The molecule has 1 fully saturated rings. The van der Waals surface area contributed by atoms with E-state index in [9.17, 15) is 0 Å². The van der Waals surface area contributed by atoms with Gasteiger partial charge in [0.15, 0.2) is 0 Å². The van der Waals surface area contributed by atoms with Gasteiger partial charge in [0, 0.05) is 40.9 Å². The zero-order valence-electron chi connectivity index (χ0n) is 17.3. The molecule has 1 aliphatic rings. The van der Waals surface area contributed by atoms with Crippen LogP contribution < -0.4 is 0 Å². The van der Waals surface area contributed by atoms with Crippen LogP contribution in [-0.2, 0) is 16.7 Å². The summed E-state index contributed by atoms with van der Waals surface area (Å²) >= 11 is 1.88. The van der Waals surface area contributed by atoms with Crippen LogP contribution in [-0.4, -0.2) is 36.2 Å². The summed E-state index contributed by atoms with van der Waals surface area (Å²) in [5, 5.41) is 2.18. The summed E-state index contributed by atoms with van der Waals surface area (Å²) in [6.07, 6.45) is 6.95. The molecule has 4 heteroatoms. The van der Waals surface area contributed by atoms with E-state index in [1.54, 1.807) is 0 Å². The van der Waals surface area contributed by atoms with Crippen molar-refractivity contribution >= 4 is 11.3 Å². The first-order valence-corrected chi connectivity index (χ1v) is 11.1. The van der Waals surface area contributed by atoms with Gasteiger partial charge < -0.3 is 4.74 Å². The Morgan fingerprint density at radius 1 is 1.30 bits per heavy atom. The molecule has 0 saturated carbocycles. The molecule has 2 aromatic heterocycles. The number of aryl methyl sites for hydroxylation is 2. The first kappa shape index (κ1) is 20.5. The minimum absolute atomic E-state index is 0.00240. The molecule has 2 aromatic rings. The molecule has 27 heavy (non-hydrogen) atoms. The SMILES string of the molecule is CCOCC1(CCCc2cccs2)CCN(C(C)(C)c2ccc(C)nc2)C1. The standard InChI is InChI=1S/C23H34N2OS/c1-5-26-18-23(12-6-8-21-9-7-15-27-21)13-14-25(17-23)22(3,4)20-11-10-19(2)24-16-20/h7,9-11,15-16H,5-6,8,12-14,17-18H2,1-4H3. The van der Waals surface area contributed by atoms with Crippen LogP contribution in [0.3, 0.4) is 0 Å². The van der Waals surface area contributed by atoms with Gasteiger partial charge in [-0.2, -0.15) is 0 Å². The monoisotopic (exact) mass is 386 g/mol. The van der Waals surface area contributed by atoms with Crippen LogP contribution in [0.25, 0.3) is 0 Å². The van der Waals surface area contributed by atoms with E-state index in [1.165, 1.54) is 36.1 Å². The molecule has 1 unspecified atom stereocenters. The number of hydrogen-bond donors (Lipinski definition) is 0. The third-order valence-corrected chi connectivity index (χ3v) is 7.11. The van der Waals surface area contributed by atoms with Crippen molar-refractivity contribution in [1.29, 1.82) is 0 Å². The number of pyridine rings is 1. The molecule has 1 saturated heterocycles. The van der Waals surface area contributed by atoms with E-state index in [0.717, 1.165) is 32.0 Å². The average Bonchev–Trinajstić information content (AvgIpc) is 3.31. The number of ether oxygens (including phenoxy) is 1. The van der Waals surface area contributed by atoms with Crippen LogP contribution in [0.15, 0.2) is 35.8 Å². The molecular formula is C23H34N2OS. The van der Waals surface area contributed by atoms with Crippen molar-refractivity contribution in [3.05, 3.63) is 52.0 Å². The van der Waals surface area contributed by atoms with E-state index >= 15 is 0 Å². The topological polar surface area (TPSA) is 25.4 Å². The summed E-state index contributed by atoms with van der Waals surface area (Å²) in [6.45, 7) is 12.8. The van der Waals surface area contributed by atoms with Crippen molar-refractivity contribution in [2.75, 3.05) is 26.3 Å². The molecule has 3 rings (SSSR count). The Bertz CT molecular complexity index is 696. The molecule has 0 spiro atoms. The van der Waals surface area contributed by atoms with E-state index < -0.39 is 0 Å². The summed E-state index contributed by atoms with van der Waals surface area (Å²) in [6, 6.07) is 8.78. The lowest BCUT2D eigenvalue weighted by atomic mass is 9.82. The number of rotatable bonds is 9. The van der Waals surface area contributed by atoms with Crippen molar-refractivity contribution in [2.24, 2.45) is 5.41 Å². The number of nitrogens with zero attached hydrogens (tertiary/aromatic N) is 2. The van der Waals surface area contributed by atoms with Crippen LogP contribution in [0.2, 0.25) is 0 Å². The minimum atomic E-state index is 0.00240. The first-order valence-electron chi connectivity index (χ1n) is 10.2. The molecule has 1 atom stereocenters. The normalized spacial score (nSPS) is 21.0. The van der Waals surface area contributed by atoms with E-state index in [0.29, 0.717) is 0 Å². The van der Waals surface area contributed by atoms with Crippen molar-refractivity contribution in [2.45, 2.75) is 58.9 Å². The fourth-order valence-electron chi connectivity index (χ4n) is 4.23. The lowest BCUT2D eigenvalue weighted by molar-refractivity contribution is 0.0372. The molecule has 0 aliphatic carbocycles.